The number of amides is 1. The van der Waals surface area contributed by atoms with Crippen molar-refractivity contribution in [2.24, 2.45) is 5.92 Å². The average Bonchev–Trinajstić information content (AvgIpc) is 3.49. The van der Waals surface area contributed by atoms with Crippen molar-refractivity contribution >= 4 is 17.3 Å². The molecule has 0 aromatic heterocycles. The van der Waals surface area contributed by atoms with E-state index in [0.717, 1.165) is 24.0 Å². The van der Waals surface area contributed by atoms with E-state index in [9.17, 15) is 18.0 Å². The molecule has 3 rings (SSSR count). The molecule has 0 saturated heterocycles. The summed E-state index contributed by atoms with van der Waals surface area (Å²) in [6.45, 7) is 8.01. The predicted octanol–water partition coefficient (Wildman–Crippen LogP) is 5.56. The van der Waals surface area contributed by atoms with Crippen LogP contribution in [-0.4, -0.2) is 12.5 Å². The standard InChI is InChI=1S/C19H19F3N2O2.C2H6/c1-10-3-6-15(11(2)7-10)23-18-13(8-14(20)16(21)17(18)22)19(25)24-26-9-12-4-5-12;1-2/h3,6-8,12,23H,4-5,9H2,1-2H3,(H,24,25);1-2H3. The third-order valence-electron chi connectivity index (χ3n) is 4.23. The van der Waals surface area contributed by atoms with E-state index in [1.165, 1.54) is 0 Å². The highest BCUT2D eigenvalue weighted by Gasteiger charge is 2.25. The van der Waals surface area contributed by atoms with Gasteiger partial charge in [-0.1, -0.05) is 31.5 Å². The van der Waals surface area contributed by atoms with Crippen molar-refractivity contribution in [1.82, 2.24) is 5.48 Å². The molecule has 0 radical (unpaired) electrons. The zero-order chi connectivity index (χ0) is 20.8. The van der Waals surface area contributed by atoms with Crippen LogP contribution in [0.25, 0.3) is 0 Å². The van der Waals surface area contributed by atoms with Crippen LogP contribution in [0.4, 0.5) is 24.5 Å². The number of nitrogens with one attached hydrogen (secondary N) is 2. The SMILES string of the molecule is CC.Cc1ccc(Nc2c(C(=O)NOCC3CC3)cc(F)c(F)c2F)c(C)c1. The number of hydroxylamine groups is 1. The summed E-state index contributed by atoms with van der Waals surface area (Å²) in [6.07, 6.45) is 2.05. The molecule has 1 saturated carbocycles. The minimum Gasteiger partial charge on any atom is -0.352 e. The first-order valence-electron chi connectivity index (χ1n) is 9.30. The van der Waals surface area contributed by atoms with E-state index >= 15 is 0 Å². The van der Waals surface area contributed by atoms with E-state index in [0.29, 0.717) is 24.3 Å². The van der Waals surface area contributed by atoms with E-state index in [2.05, 4.69) is 10.8 Å². The molecule has 0 unspecified atom stereocenters. The normalized spacial score (nSPS) is 12.8. The quantitative estimate of drug-likeness (QED) is 0.498. The fraction of sp³-hybridized carbons (Fsp3) is 0.381. The Labute approximate surface area is 163 Å². The van der Waals surface area contributed by atoms with Gasteiger partial charge in [-0.15, -0.1) is 0 Å². The number of hydrogen-bond donors (Lipinski definition) is 2. The number of hydrogen-bond acceptors (Lipinski definition) is 3. The molecule has 28 heavy (non-hydrogen) atoms. The summed E-state index contributed by atoms with van der Waals surface area (Å²) >= 11 is 0. The molecule has 2 aromatic carbocycles. The molecule has 0 bridgehead atoms. The maximum Gasteiger partial charge on any atom is 0.277 e. The molecule has 0 aliphatic heterocycles. The molecular weight excluding hydrogens is 369 g/mol. The topological polar surface area (TPSA) is 50.4 Å². The van der Waals surface area contributed by atoms with Gasteiger partial charge in [0, 0.05) is 5.69 Å². The number of aryl methyl sites for hydroxylation is 2. The molecule has 2 N–H and O–H groups in total. The van der Waals surface area contributed by atoms with Crippen LogP contribution in [0.1, 0.15) is 48.2 Å². The first-order chi connectivity index (χ1) is 13.4. The number of rotatable bonds is 6. The Hall–Kier alpha value is -2.54. The summed E-state index contributed by atoms with van der Waals surface area (Å²) in [5.41, 5.74) is 3.58. The Morgan fingerprint density at radius 2 is 1.79 bits per heavy atom. The number of carbonyl (C=O) groups excluding carboxylic acids is 1. The van der Waals surface area contributed by atoms with Gasteiger partial charge in [0.15, 0.2) is 17.5 Å². The van der Waals surface area contributed by atoms with Crippen LogP contribution < -0.4 is 10.8 Å². The summed E-state index contributed by atoms with van der Waals surface area (Å²) in [5, 5.41) is 2.70. The molecular formula is C21H25F3N2O2. The number of benzene rings is 2. The van der Waals surface area contributed by atoms with E-state index in [4.69, 9.17) is 4.84 Å². The monoisotopic (exact) mass is 394 g/mol. The lowest BCUT2D eigenvalue weighted by Gasteiger charge is -2.16. The highest BCUT2D eigenvalue weighted by Crippen LogP contribution is 2.31. The van der Waals surface area contributed by atoms with Gasteiger partial charge in [-0.25, -0.2) is 18.7 Å². The summed E-state index contributed by atoms with van der Waals surface area (Å²) in [5.74, 6) is -5.01. The maximum absolute atomic E-state index is 14.3. The second-order valence-corrected chi connectivity index (χ2v) is 6.54. The van der Waals surface area contributed by atoms with Crippen LogP contribution in [0.3, 0.4) is 0 Å². The van der Waals surface area contributed by atoms with Crippen molar-refractivity contribution in [3.63, 3.8) is 0 Å². The molecule has 152 valence electrons. The van der Waals surface area contributed by atoms with Crippen LogP contribution in [0.15, 0.2) is 24.3 Å². The summed E-state index contributed by atoms with van der Waals surface area (Å²) < 4.78 is 41.7. The van der Waals surface area contributed by atoms with Crippen LogP contribution in [0.2, 0.25) is 0 Å². The van der Waals surface area contributed by atoms with E-state index in [-0.39, 0.29) is 5.56 Å². The minimum absolute atomic E-state index is 0.331. The fourth-order valence-electron chi connectivity index (χ4n) is 2.55. The summed E-state index contributed by atoms with van der Waals surface area (Å²) in [4.78, 5) is 17.3. The first kappa shape index (κ1) is 21.8. The third kappa shape index (κ3) is 5.25. The highest BCUT2D eigenvalue weighted by atomic mass is 19.2. The molecule has 1 aliphatic rings. The van der Waals surface area contributed by atoms with Crippen LogP contribution in [-0.2, 0) is 4.84 Å². The average molecular weight is 394 g/mol. The lowest BCUT2D eigenvalue weighted by molar-refractivity contribution is 0.0270. The smallest absolute Gasteiger partial charge is 0.277 e. The van der Waals surface area contributed by atoms with E-state index < -0.39 is 29.0 Å². The van der Waals surface area contributed by atoms with Gasteiger partial charge in [0.05, 0.1) is 17.9 Å². The number of anilines is 2. The minimum atomic E-state index is -1.65. The molecule has 0 spiro atoms. The van der Waals surface area contributed by atoms with Gasteiger partial charge in [-0.05, 0) is 50.3 Å². The van der Waals surface area contributed by atoms with Crippen molar-refractivity contribution in [2.45, 2.75) is 40.5 Å². The Bertz CT molecular complexity index is 852. The third-order valence-corrected chi connectivity index (χ3v) is 4.23. The molecule has 2 aromatic rings. The Morgan fingerprint density at radius 1 is 1.11 bits per heavy atom. The zero-order valence-corrected chi connectivity index (χ0v) is 16.5. The van der Waals surface area contributed by atoms with Crippen molar-refractivity contribution in [1.29, 1.82) is 0 Å². The predicted molar refractivity (Wildman–Crippen MR) is 103 cm³/mol. The van der Waals surface area contributed by atoms with Crippen molar-refractivity contribution in [3.8, 4) is 0 Å². The van der Waals surface area contributed by atoms with Crippen LogP contribution >= 0.6 is 0 Å². The molecule has 7 heteroatoms. The Balaban J connectivity index is 0.00000136. The fourth-order valence-corrected chi connectivity index (χ4v) is 2.55. The van der Waals surface area contributed by atoms with Crippen LogP contribution in [0, 0.1) is 37.2 Å². The first-order valence-corrected chi connectivity index (χ1v) is 9.30. The van der Waals surface area contributed by atoms with Gasteiger partial charge >= 0.3 is 0 Å². The molecule has 1 amide bonds. The molecule has 0 heterocycles. The lowest BCUT2D eigenvalue weighted by atomic mass is 10.1. The van der Waals surface area contributed by atoms with Crippen molar-refractivity contribution < 1.29 is 22.8 Å². The second kappa shape index (κ2) is 9.59. The Kier molecular flexibility index (Phi) is 7.45. The largest absolute Gasteiger partial charge is 0.352 e. The van der Waals surface area contributed by atoms with Gasteiger partial charge in [0.25, 0.3) is 5.91 Å². The molecule has 4 nitrogen and oxygen atoms in total. The van der Waals surface area contributed by atoms with Gasteiger partial charge in [0.1, 0.15) is 0 Å². The highest BCUT2D eigenvalue weighted by molar-refractivity contribution is 6.00. The summed E-state index contributed by atoms with van der Waals surface area (Å²) in [6, 6.07) is 5.96. The van der Waals surface area contributed by atoms with E-state index in [1.807, 2.05) is 26.8 Å². The van der Waals surface area contributed by atoms with Crippen molar-refractivity contribution in [3.05, 3.63) is 58.4 Å². The van der Waals surface area contributed by atoms with Gasteiger partial charge in [-0.2, -0.15) is 0 Å². The lowest BCUT2D eigenvalue weighted by Crippen LogP contribution is -2.26. The summed E-state index contributed by atoms with van der Waals surface area (Å²) in [7, 11) is 0. The van der Waals surface area contributed by atoms with Gasteiger partial charge < -0.3 is 5.32 Å². The van der Waals surface area contributed by atoms with Gasteiger partial charge in [0.2, 0.25) is 0 Å². The number of carbonyl (C=O) groups is 1. The second-order valence-electron chi connectivity index (χ2n) is 6.54. The molecule has 1 fully saturated rings. The molecule has 1 aliphatic carbocycles. The maximum atomic E-state index is 14.3. The van der Waals surface area contributed by atoms with Crippen LogP contribution in [0.5, 0.6) is 0 Å². The Morgan fingerprint density at radius 3 is 2.39 bits per heavy atom. The zero-order valence-electron chi connectivity index (χ0n) is 16.5. The van der Waals surface area contributed by atoms with E-state index in [1.54, 1.807) is 19.1 Å². The van der Waals surface area contributed by atoms with Crippen molar-refractivity contribution in [2.75, 3.05) is 11.9 Å². The van der Waals surface area contributed by atoms with Gasteiger partial charge in [-0.3, -0.25) is 9.63 Å². The molecule has 0 atom stereocenters. The number of halogens is 3.